The topological polar surface area (TPSA) is 50.4 Å². The van der Waals surface area contributed by atoms with Crippen molar-refractivity contribution in [2.24, 2.45) is 7.05 Å². The second-order valence-electron chi connectivity index (χ2n) is 4.30. The molecule has 0 radical (unpaired) electrons. The van der Waals surface area contributed by atoms with E-state index in [4.69, 9.17) is 0 Å². The number of hydrogen-bond acceptors (Lipinski definition) is 3. The first-order valence-electron chi connectivity index (χ1n) is 5.81. The standard InChI is InChI=1S/C12H17N3O2/c1-13-10-11(16)15(12(13)17)9-5-4-8-14-6-2-3-7-14/h10,16H,2-3,6-9H2,1H3. The zero-order chi connectivity index (χ0) is 12.3. The molecule has 5 nitrogen and oxygen atoms in total. The molecule has 0 unspecified atom stereocenters. The highest BCUT2D eigenvalue weighted by Crippen LogP contribution is 2.05. The van der Waals surface area contributed by atoms with Crippen LogP contribution in [-0.4, -0.2) is 38.8 Å². The minimum atomic E-state index is -0.238. The first-order chi connectivity index (χ1) is 8.18. The molecule has 2 heterocycles. The van der Waals surface area contributed by atoms with Gasteiger partial charge in [0.15, 0.2) is 0 Å². The highest BCUT2D eigenvalue weighted by Gasteiger charge is 2.09. The number of aromatic hydroxyl groups is 1. The zero-order valence-electron chi connectivity index (χ0n) is 10.0. The maximum atomic E-state index is 11.5. The van der Waals surface area contributed by atoms with Crippen LogP contribution in [0.15, 0.2) is 11.0 Å². The van der Waals surface area contributed by atoms with Gasteiger partial charge in [0.2, 0.25) is 5.88 Å². The molecule has 0 bridgehead atoms. The van der Waals surface area contributed by atoms with Gasteiger partial charge in [-0.25, -0.2) is 4.79 Å². The first kappa shape index (κ1) is 11.8. The smallest absolute Gasteiger partial charge is 0.331 e. The number of likely N-dealkylation sites (tertiary alicyclic amines) is 1. The van der Waals surface area contributed by atoms with Gasteiger partial charge in [-0.3, -0.25) is 14.0 Å². The number of rotatable bonds is 2. The van der Waals surface area contributed by atoms with Gasteiger partial charge in [0.05, 0.1) is 19.3 Å². The van der Waals surface area contributed by atoms with Crippen molar-refractivity contribution in [1.29, 1.82) is 0 Å². The maximum Gasteiger partial charge on any atom is 0.331 e. The summed E-state index contributed by atoms with van der Waals surface area (Å²) >= 11 is 0. The Morgan fingerprint density at radius 1 is 1.29 bits per heavy atom. The lowest BCUT2D eigenvalue weighted by Gasteiger charge is -2.08. The molecule has 1 fully saturated rings. The number of nitrogens with zero attached hydrogens (tertiary/aromatic N) is 3. The Labute approximate surface area is 100 Å². The SMILES string of the molecule is Cn1cc(O)n(CC#CCN2CCCC2)c1=O. The summed E-state index contributed by atoms with van der Waals surface area (Å²) in [5.41, 5.74) is -0.238. The molecule has 0 atom stereocenters. The summed E-state index contributed by atoms with van der Waals surface area (Å²) in [5.74, 6) is 5.92. The summed E-state index contributed by atoms with van der Waals surface area (Å²) in [5, 5.41) is 9.49. The van der Waals surface area contributed by atoms with Gasteiger partial charge in [0.25, 0.3) is 0 Å². The molecule has 1 aliphatic heterocycles. The third kappa shape index (κ3) is 2.71. The highest BCUT2D eigenvalue weighted by atomic mass is 16.3. The van der Waals surface area contributed by atoms with E-state index in [9.17, 15) is 9.90 Å². The lowest BCUT2D eigenvalue weighted by Crippen LogP contribution is -2.22. The molecule has 1 aromatic rings. The molecule has 0 spiro atoms. The van der Waals surface area contributed by atoms with Crippen LogP contribution >= 0.6 is 0 Å². The van der Waals surface area contributed by atoms with E-state index in [2.05, 4.69) is 16.7 Å². The molecule has 5 heteroatoms. The minimum absolute atomic E-state index is 0.0343. The highest BCUT2D eigenvalue weighted by molar-refractivity contribution is 5.10. The molecule has 0 aliphatic carbocycles. The van der Waals surface area contributed by atoms with E-state index in [-0.39, 0.29) is 18.1 Å². The van der Waals surface area contributed by atoms with E-state index in [0.717, 1.165) is 19.6 Å². The molecule has 17 heavy (non-hydrogen) atoms. The predicted molar refractivity (Wildman–Crippen MR) is 64.8 cm³/mol. The quantitative estimate of drug-likeness (QED) is 0.734. The van der Waals surface area contributed by atoms with E-state index in [0.29, 0.717) is 0 Å². The molecule has 0 saturated carbocycles. The Bertz CT molecular complexity index is 498. The summed E-state index contributed by atoms with van der Waals surface area (Å²) in [4.78, 5) is 13.8. The van der Waals surface area contributed by atoms with Crippen molar-refractivity contribution in [3.8, 4) is 17.7 Å². The van der Waals surface area contributed by atoms with E-state index in [1.165, 1.54) is 28.2 Å². The van der Waals surface area contributed by atoms with Crippen LogP contribution in [0.25, 0.3) is 0 Å². The summed E-state index contributed by atoms with van der Waals surface area (Å²) in [6, 6.07) is 0. The monoisotopic (exact) mass is 235 g/mol. The summed E-state index contributed by atoms with van der Waals surface area (Å²) in [7, 11) is 1.61. The van der Waals surface area contributed by atoms with Crippen molar-refractivity contribution < 1.29 is 5.11 Å². The van der Waals surface area contributed by atoms with Crippen LogP contribution in [0.4, 0.5) is 0 Å². The van der Waals surface area contributed by atoms with Crippen LogP contribution in [0.2, 0.25) is 0 Å². The van der Waals surface area contributed by atoms with Crippen molar-refractivity contribution in [1.82, 2.24) is 14.0 Å². The average Bonchev–Trinajstić information content (AvgIpc) is 2.87. The Kier molecular flexibility index (Phi) is 3.55. The van der Waals surface area contributed by atoms with Gasteiger partial charge < -0.3 is 5.11 Å². The van der Waals surface area contributed by atoms with Crippen LogP contribution < -0.4 is 5.69 Å². The minimum Gasteiger partial charge on any atom is -0.493 e. The molecule has 0 aromatic carbocycles. The third-order valence-corrected chi connectivity index (χ3v) is 2.98. The van der Waals surface area contributed by atoms with Gasteiger partial charge >= 0.3 is 5.69 Å². The van der Waals surface area contributed by atoms with E-state index < -0.39 is 0 Å². The number of hydrogen-bond donors (Lipinski definition) is 1. The van der Waals surface area contributed by atoms with Crippen molar-refractivity contribution in [3.63, 3.8) is 0 Å². The molecular weight excluding hydrogens is 218 g/mol. The fraction of sp³-hybridized carbons (Fsp3) is 0.583. The molecule has 0 amide bonds. The largest absolute Gasteiger partial charge is 0.493 e. The third-order valence-electron chi connectivity index (χ3n) is 2.98. The van der Waals surface area contributed by atoms with E-state index in [1.54, 1.807) is 7.05 Å². The zero-order valence-corrected chi connectivity index (χ0v) is 10.0. The van der Waals surface area contributed by atoms with E-state index >= 15 is 0 Å². The number of imidazole rings is 1. The molecule has 1 aliphatic rings. The molecule has 1 aromatic heterocycles. The van der Waals surface area contributed by atoms with Gasteiger partial charge in [0, 0.05) is 7.05 Å². The van der Waals surface area contributed by atoms with E-state index in [1.807, 2.05) is 0 Å². The second kappa shape index (κ2) is 5.11. The second-order valence-corrected chi connectivity index (χ2v) is 4.30. The average molecular weight is 235 g/mol. The fourth-order valence-corrected chi connectivity index (χ4v) is 1.98. The molecule has 92 valence electrons. The van der Waals surface area contributed by atoms with Crippen molar-refractivity contribution >= 4 is 0 Å². The number of aryl methyl sites for hydroxylation is 1. The predicted octanol–water partition coefficient (Wildman–Crippen LogP) is -0.00840. The normalized spacial score (nSPS) is 15.8. The molecule has 1 saturated heterocycles. The fourth-order valence-electron chi connectivity index (χ4n) is 1.98. The van der Waals surface area contributed by atoms with Gasteiger partial charge in [-0.2, -0.15) is 0 Å². The van der Waals surface area contributed by atoms with Crippen LogP contribution in [0.3, 0.4) is 0 Å². The summed E-state index contributed by atoms with van der Waals surface area (Å²) in [6.07, 6.45) is 3.89. The molecule has 2 rings (SSSR count). The van der Waals surface area contributed by atoms with Crippen molar-refractivity contribution in [2.45, 2.75) is 19.4 Å². The molecule has 1 N–H and O–H groups in total. The number of aromatic nitrogens is 2. The Morgan fingerprint density at radius 2 is 1.94 bits per heavy atom. The molecular formula is C12H17N3O2. The van der Waals surface area contributed by atoms with Crippen LogP contribution in [-0.2, 0) is 13.6 Å². The Hall–Kier alpha value is -1.67. The van der Waals surface area contributed by atoms with Crippen molar-refractivity contribution in [3.05, 3.63) is 16.7 Å². The Balaban J connectivity index is 1.93. The van der Waals surface area contributed by atoms with Gasteiger partial charge in [-0.05, 0) is 25.9 Å². The van der Waals surface area contributed by atoms with Crippen molar-refractivity contribution in [2.75, 3.05) is 19.6 Å². The van der Waals surface area contributed by atoms with Crippen LogP contribution in [0, 0.1) is 11.8 Å². The van der Waals surface area contributed by atoms with Gasteiger partial charge in [-0.15, -0.1) is 0 Å². The lowest BCUT2D eigenvalue weighted by molar-refractivity contribution is 0.383. The van der Waals surface area contributed by atoms with Crippen LogP contribution in [0.5, 0.6) is 5.88 Å². The maximum absolute atomic E-state index is 11.5. The van der Waals surface area contributed by atoms with Crippen LogP contribution in [0.1, 0.15) is 12.8 Å². The van der Waals surface area contributed by atoms with Gasteiger partial charge in [0.1, 0.15) is 0 Å². The first-order valence-corrected chi connectivity index (χ1v) is 5.81. The summed E-state index contributed by atoms with van der Waals surface area (Å²) in [6.45, 7) is 3.23. The summed E-state index contributed by atoms with van der Waals surface area (Å²) < 4.78 is 2.61. The Morgan fingerprint density at radius 3 is 2.53 bits per heavy atom. The lowest BCUT2D eigenvalue weighted by atomic mass is 10.4. The van der Waals surface area contributed by atoms with Gasteiger partial charge in [-0.1, -0.05) is 11.8 Å².